The molecule has 2 aromatic carbocycles. The molecule has 0 saturated carbocycles. The highest BCUT2D eigenvalue weighted by Gasteiger charge is 2.19. The van der Waals surface area contributed by atoms with Crippen molar-refractivity contribution < 1.29 is 19.1 Å². The second-order valence-corrected chi connectivity index (χ2v) is 4.76. The van der Waals surface area contributed by atoms with E-state index in [1.54, 1.807) is 19.1 Å². The summed E-state index contributed by atoms with van der Waals surface area (Å²) in [5, 5.41) is 11.5. The van der Waals surface area contributed by atoms with E-state index in [4.69, 9.17) is 11.6 Å². The van der Waals surface area contributed by atoms with Gasteiger partial charge in [0.05, 0.1) is 21.8 Å². The number of aromatic carboxylic acids is 1. The zero-order chi connectivity index (χ0) is 15.6. The number of carboxylic acid groups (broad SMARTS) is 1. The van der Waals surface area contributed by atoms with Gasteiger partial charge in [0.2, 0.25) is 0 Å². The van der Waals surface area contributed by atoms with E-state index >= 15 is 0 Å². The highest BCUT2D eigenvalue weighted by atomic mass is 35.5. The Balaban J connectivity index is 2.42. The number of aryl methyl sites for hydroxylation is 1. The summed E-state index contributed by atoms with van der Waals surface area (Å²) < 4.78 is 13.7. The van der Waals surface area contributed by atoms with Crippen molar-refractivity contribution in [1.82, 2.24) is 0 Å². The lowest BCUT2D eigenvalue weighted by Gasteiger charge is -2.11. The molecular weight excluding hydrogens is 297 g/mol. The average molecular weight is 308 g/mol. The van der Waals surface area contributed by atoms with Crippen molar-refractivity contribution in [2.45, 2.75) is 6.92 Å². The quantitative estimate of drug-likeness (QED) is 0.907. The number of rotatable bonds is 3. The molecule has 6 heteroatoms. The van der Waals surface area contributed by atoms with Crippen LogP contribution in [0.25, 0.3) is 0 Å². The molecule has 0 heterocycles. The van der Waals surface area contributed by atoms with Crippen LogP contribution in [0.2, 0.25) is 5.02 Å². The Morgan fingerprint density at radius 1 is 1.14 bits per heavy atom. The van der Waals surface area contributed by atoms with Crippen LogP contribution in [0.3, 0.4) is 0 Å². The second kappa shape index (κ2) is 5.93. The topological polar surface area (TPSA) is 66.4 Å². The molecule has 0 spiro atoms. The maximum absolute atomic E-state index is 13.7. The molecule has 21 heavy (non-hydrogen) atoms. The predicted molar refractivity (Wildman–Crippen MR) is 77.5 cm³/mol. The summed E-state index contributed by atoms with van der Waals surface area (Å²) in [5.74, 6) is -2.75. The minimum absolute atomic E-state index is 0.0432. The number of carboxylic acids is 1. The van der Waals surface area contributed by atoms with Gasteiger partial charge in [0.15, 0.2) is 0 Å². The number of carbonyl (C=O) groups excluding carboxylic acids is 1. The van der Waals surface area contributed by atoms with Crippen molar-refractivity contribution in [1.29, 1.82) is 0 Å². The van der Waals surface area contributed by atoms with Crippen molar-refractivity contribution in [3.63, 3.8) is 0 Å². The van der Waals surface area contributed by atoms with E-state index in [9.17, 15) is 19.1 Å². The van der Waals surface area contributed by atoms with E-state index in [0.29, 0.717) is 5.56 Å². The van der Waals surface area contributed by atoms with Gasteiger partial charge in [0.25, 0.3) is 5.91 Å². The lowest BCUT2D eigenvalue weighted by Crippen LogP contribution is -2.17. The van der Waals surface area contributed by atoms with Gasteiger partial charge >= 0.3 is 5.97 Å². The van der Waals surface area contributed by atoms with Crippen LogP contribution in [0.15, 0.2) is 36.4 Å². The van der Waals surface area contributed by atoms with Crippen LogP contribution in [0, 0.1) is 12.7 Å². The lowest BCUT2D eigenvalue weighted by atomic mass is 10.1. The lowest BCUT2D eigenvalue weighted by molar-refractivity contribution is 0.0697. The minimum atomic E-state index is -1.18. The summed E-state index contributed by atoms with van der Waals surface area (Å²) >= 11 is 5.81. The SMILES string of the molecule is Cc1cccc(NC(=O)c2c(F)cccc2Cl)c1C(=O)O. The summed E-state index contributed by atoms with van der Waals surface area (Å²) in [6.07, 6.45) is 0. The normalized spacial score (nSPS) is 10.2. The Morgan fingerprint density at radius 2 is 1.81 bits per heavy atom. The van der Waals surface area contributed by atoms with Gasteiger partial charge in [-0.3, -0.25) is 4.79 Å². The van der Waals surface area contributed by atoms with Crippen LogP contribution in [0.5, 0.6) is 0 Å². The summed E-state index contributed by atoms with van der Waals surface area (Å²) in [4.78, 5) is 23.4. The molecule has 0 aromatic heterocycles. The van der Waals surface area contributed by atoms with Crippen molar-refractivity contribution in [2.75, 3.05) is 5.32 Å². The Hall–Kier alpha value is -2.40. The fourth-order valence-corrected chi connectivity index (χ4v) is 2.20. The summed E-state index contributed by atoms with van der Waals surface area (Å²) in [5.41, 5.74) is 0.210. The third-order valence-electron chi connectivity index (χ3n) is 2.92. The van der Waals surface area contributed by atoms with Crippen LogP contribution >= 0.6 is 11.6 Å². The van der Waals surface area contributed by atoms with Crippen LogP contribution in [0.1, 0.15) is 26.3 Å². The number of hydrogen-bond donors (Lipinski definition) is 2. The molecule has 4 nitrogen and oxygen atoms in total. The standard InChI is InChI=1S/C15H11ClFNO3/c1-8-4-2-7-11(12(8)15(20)21)18-14(19)13-9(16)5-3-6-10(13)17/h2-7H,1H3,(H,18,19)(H,20,21). The molecular formula is C15H11ClFNO3. The van der Waals surface area contributed by atoms with E-state index in [2.05, 4.69) is 5.32 Å². The molecule has 0 aliphatic carbocycles. The summed E-state index contributed by atoms with van der Waals surface area (Å²) in [6, 6.07) is 8.51. The third kappa shape index (κ3) is 3.03. The number of nitrogens with one attached hydrogen (secondary N) is 1. The van der Waals surface area contributed by atoms with Gasteiger partial charge < -0.3 is 10.4 Å². The molecule has 0 radical (unpaired) electrons. The first-order valence-electron chi connectivity index (χ1n) is 6.00. The molecule has 0 saturated heterocycles. The Kier molecular flexibility index (Phi) is 4.23. The molecule has 0 unspecified atom stereocenters. The van der Waals surface area contributed by atoms with Crippen LogP contribution in [0.4, 0.5) is 10.1 Å². The van der Waals surface area contributed by atoms with Gasteiger partial charge in [-0.1, -0.05) is 29.8 Å². The fraction of sp³-hybridized carbons (Fsp3) is 0.0667. The van der Waals surface area contributed by atoms with E-state index in [1.165, 1.54) is 18.2 Å². The van der Waals surface area contributed by atoms with Gasteiger partial charge in [0, 0.05) is 0 Å². The number of carbonyl (C=O) groups is 2. The first-order chi connectivity index (χ1) is 9.91. The molecule has 2 aromatic rings. The maximum Gasteiger partial charge on any atom is 0.338 e. The molecule has 0 atom stereocenters. The van der Waals surface area contributed by atoms with Crippen molar-refractivity contribution in [3.05, 3.63) is 63.9 Å². The van der Waals surface area contributed by atoms with E-state index in [-0.39, 0.29) is 21.8 Å². The Bertz CT molecular complexity index is 711. The molecule has 2 N–H and O–H groups in total. The largest absolute Gasteiger partial charge is 0.478 e. The van der Waals surface area contributed by atoms with Crippen molar-refractivity contribution in [2.24, 2.45) is 0 Å². The highest BCUT2D eigenvalue weighted by molar-refractivity contribution is 6.34. The number of hydrogen-bond acceptors (Lipinski definition) is 2. The molecule has 0 bridgehead atoms. The Morgan fingerprint density at radius 3 is 2.43 bits per heavy atom. The second-order valence-electron chi connectivity index (χ2n) is 4.35. The number of halogens is 2. The monoisotopic (exact) mass is 307 g/mol. The van der Waals surface area contributed by atoms with Crippen LogP contribution < -0.4 is 5.32 Å². The zero-order valence-electron chi connectivity index (χ0n) is 11.0. The number of benzene rings is 2. The van der Waals surface area contributed by atoms with Crippen LogP contribution in [-0.2, 0) is 0 Å². The first kappa shape index (κ1) is 15.0. The first-order valence-corrected chi connectivity index (χ1v) is 6.38. The van der Waals surface area contributed by atoms with Gasteiger partial charge in [-0.2, -0.15) is 0 Å². The van der Waals surface area contributed by atoms with Crippen molar-refractivity contribution >= 4 is 29.2 Å². The molecule has 0 aliphatic rings. The third-order valence-corrected chi connectivity index (χ3v) is 3.24. The predicted octanol–water partition coefficient (Wildman–Crippen LogP) is 3.74. The molecule has 0 aliphatic heterocycles. The van der Waals surface area contributed by atoms with Gasteiger partial charge in [-0.25, -0.2) is 9.18 Å². The molecule has 2 rings (SSSR count). The van der Waals surface area contributed by atoms with Crippen LogP contribution in [-0.4, -0.2) is 17.0 Å². The smallest absolute Gasteiger partial charge is 0.338 e. The zero-order valence-corrected chi connectivity index (χ0v) is 11.7. The van der Waals surface area contributed by atoms with Crippen molar-refractivity contribution in [3.8, 4) is 0 Å². The van der Waals surface area contributed by atoms with E-state index in [0.717, 1.165) is 6.07 Å². The van der Waals surface area contributed by atoms with E-state index < -0.39 is 17.7 Å². The highest BCUT2D eigenvalue weighted by Crippen LogP contribution is 2.23. The summed E-state index contributed by atoms with van der Waals surface area (Å²) in [7, 11) is 0. The average Bonchev–Trinajstić information content (AvgIpc) is 2.37. The van der Waals surface area contributed by atoms with Gasteiger partial charge in [-0.15, -0.1) is 0 Å². The summed E-state index contributed by atoms with van der Waals surface area (Å²) in [6.45, 7) is 1.61. The van der Waals surface area contributed by atoms with Gasteiger partial charge in [-0.05, 0) is 30.7 Å². The Labute approximate surface area is 125 Å². The number of amides is 1. The molecule has 108 valence electrons. The minimum Gasteiger partial charge on any atom is -0.478 e. The molecule has 0 fully saturated rings. The van der Waals surface area contributed by atoms with E-state index in [1.807, 2.05) is 0 Å². The fourth-order valence-electron chi connectivity index (χ4n) is 1.96. The maximum atomic E-state index is 13.7. The van der Waals surface area contributed by atoms with Gasteiger partial charge in [0.1, 0.15) is 5.82 Å². The number of anilines is 1. The molecule has 1 amide bonds.